The number of aromatic nitrogens is 1. The molecule has 2 aromatic rings. The Morgan fingerprint density at radius 2 is 1.79 bits per heavy atom. The quantitative estimate of drug-likeness (QED) is 0.770. The van der Waals surface area contributed by atoms with E-state index in [1.165, 1.54) is 4.90 Å². The molecule has 0 bridgehead atoms. The van der Waals surface area contributed by atoms with Crippen LogP contribution in [0.3, 0.4) is 0 Å². The standard InChI is InChI=1S/C21H21N5O2/c1-24-19(27)21(26(20(24)28)15-16-6-3-2-4-7-16)10-12-25(13-11-21)18-9-5-8-17(14-22)23-18/h2-9H,10-13,15H2,1H3. The summed E-state index contributed by atoms with van der Waals surface area (Å²) in [6.07, 6.45) is 1.07. The molecule has 142 valence electrons. The first-order chi connectivity index (χ1) is 13.5. The Labute approximate surface area is 163 Å². The minimum absolute atomic E-state index is 0.133. The molecular formula is C21H21N5O2. The number of rotatable bonds is 3. The number of carbonyl (C=O) groups excluding carboxylic acids is 2. The Kier molecular flexibility index (Phi) is 4.47. The molecule has 4 rings (SSSR count). The van der Waals surface area contributed by atoms with Gasteiger partial charge in [-0.05, 0) is 30.5 Å². The number of anilines is 1. The fourth-order valence-electron chi connectivity index (χ4n) is 4.11. The molecule has 0 radical (unpaired) electrons. The van der Waals surface area contributed by atoms with Gasteiger partial charge in [-0.1, -0.05) is 36.4 Å². The summed E-state index contributed by atoms with van der Waals surface area (Å²) in [5.74, 6) is 0.598. The first-order valence-corrected chi connectivity index (χ1v) is 9.31. The molecule has 0 atom stereocenters. The van der Waals surface area contributed by atoms with Gasteiger partial charge in [0.05, 0.1) is 0 Å². The van der Waals surface area contributed by atoms with Crippen molar-refractivity contribution in [1.29, 1.82) is 5.26 Å². The molecule has 1 aromatic carbocycles. The fourth-order valence-corrected chi connectivity index (χ4v) is 4.11. The summed E-state index contributed by atoms with van der Waals surface area (Å²) >= 11 is 0. The number of likely N-dealkylation sites (N-methyl/N-ethyl adjacent to an activating group) is 1. The van der Waals surface area contributed by atoms with E-state index in [9.17, 15) is 9.59 Å². The van der Waals surface area contributed by atoms with Crippen LogP contribution in [0.15, 0.2) is 48.5 Å². The highest BCUT2D eigenvalue weighted by Gasteiger charge is 2.56. The van der Waals surface area contributed by atoms with Gasteiger partial charge in [0.15, 0.2) is 0 Å². The van der Waals surface area contributed by atoms with Gasteiger partial charge >= 0.3 is 6.03 Å². The van der Waals surface area contributed by atoms with Crippen molar-refractivity contribution >= 4 is 17.8 Å². The molecule has 28 heavy (non-hydrogen) atoms. The zero-order valence-electron chi connectivity index (χ0n) is 15.7. The van der Waals surface area contributed by atoms with Crippen LogP contribution in [-0.2, 0) is 11.3 Å². The van der Waals surface area contributed by atoms with Gasteiger partial charge in [-0.15, -0.1) is 0 Å². The highest BCUT2D eigenvalue weighted by Crippen LogP contribution is 2.38. The first kappa shape index (κ1) is 18.0. The van der Waals surface area contributed by atoms with Crippen LogP contribution in [0.1, 0.15) is 24.1 Å². The van der Waals surface area contributed by atoms with Gasteiger partial charge in [-0.3, -0.25) is 9.69 Å². The van der Waals surface area contributed by atoms with Crippen molar-refractivity contribution in [3.63, 3.8) is 0 Å². The van der Waals surface area contributed by atoms with Gasteiger partial charge in [0.25, 0.3) is 5.91 Å². The maximum Gasteiger partial charge on any atom is 0.327 e. The van der Waals surface area contributed by atoms with Crippen molar-refractivity contribution in [2.75, 3.05) is 25.0 Å². The second-order valence-electron chi connectivity index (χ2n) is 7.23. The molecule has 0 saturated carbocycles. The Morgan fingerprint density at radius 1 is 1.07 bits per heavy atom. The predicted octanol–water partition coefficient (Wildman–Crippen LogP) is 2.39. The Balaban J connectivity index is 1.58. The van der Waals surface area contributed by atoms with Crippen LogP contribution in [0.5, 0.6) is 0 Å². The van der Waals surface area contributed by atoms with Gasteiger partial charge in [-0.2, -0.15) is 5.26 Å². The molecule has 0 aliphatic carbocycles. The molecular weight excluding hydrogens is 354 g/mol. The number of nitrogens with zero attached hydrogens (tertiary/aromatic N) is 5. The third-order valence-corrected chi connectivity index (χ3v) is 5.68. The SMILES string of the molecule is CN1C(=O)N(Cc2ccccc2)C2(CCN(c3cccc(C#N)n3)CC2)C1=O. The lowest BCUT2D eigenvalue weighted by Crippen LogP contribution is -2.56. The molecule has 1 aromatic heterocycles. The molecule has 3 heterocycles. The number of urea groups is 1. The lowest BCUT2D eigenvalue weighted by Gasteiger charge is -2.42. The molecule has 0 unspecified atom stereocenters. The lowest BCUT2D eigenvalue weighted by molar-refractivity contribution is -0.133. The summed E-state index contributed by atoms with van der Waals surface area (Å²) in [5.41, 5.74) is 0.560. The van der Waals surface area contributed by atoms with Crippen LogP contribution in [0.25, 0.3) is 0 Å². The topological polar surface area (TPSA) is 80.5 Å². The highest BCUT2D eigenvalue weighted by atomic mass is 16.2. The molecule has 7 nitrogen and oxygen atoms in total. The fraction of sp³-hybridized carbons (Fsp3) is 0.333. The van der Waals surface area contributed by atoms with E-state index in [-0.39, 0.29) is 11.9 Å². The summed E-state index contributed by atoms with van der Waals surface area (Å²) in [5, 5.41) is 9.07. The monoisotopic (exact) mass is 375 g/mol. The normalized spacial score (nSPS) is 18.6. The maximum atomic E-state index is 13.0. The number of piperidine rings is 1. The Morgan fingerprint density at radius 3 is 2.46 bits per heavy atom. The van der Waals surface area contributed by atoms with E-state index in [1.54, 1.807) is 18.0 Å². The van der Waals surface area contributed by atoms with Crippen molar-refractivity contribution in [3.8, 4) is 6.07 Å². The third kappa shape index (κ3) is 2.87. The molecule has 2 aliphatic rings. The van der Waals surface area contributed by atoms with E-state index in [1.807, 2.05) is 42.5 Å². The van der Waals surface area contributed by atoms with Gasteiger partial charge in [0.2, 0.25) is 0 Å². The van der Waals surface area contributed by atoms with Crippen LogP contribution >= 0.6 is 0 Å². The van der Waals surface area contributed by atoms with Crippen molar-refractivity contribution in [2.24, 2.45) is 0 Å². The van der Waals surface area contributed by atoms with E-state index in [4.69, 9.17) is 5.26 Å². The number of hydrogen-bond acceptors (Lipinski definition) is 5. The van der Waals surface area contributed by atoms with E-state index >= 15 is 0 Å². The van der Waals surface area contributed by atoms with Gasteiger partial charge in [0, 0.05) is 26.7 Å². The maximum absolute atomic E-state index is 13.0. The van der Waals surface area contributed by atoms with Crippen LogP contribution in [-0.4, -0.2) is 52.4 Å². The molecule has 7 heteroatoms. The van der Waals surface area contributed by atoms with Crippen molar-refractivity contribution in [1.82, 2.24) is 14.8 Å². The number of nitriles is 1. The second-order valence-corrected chi connectivity index (χ2v) is 7.23. The molecule has 2 aliphatic heterocycles. The van der Waals surface area contributed by atoms with Crippen LogP contribution in [0.4, 0.5) is 10.6 Å². The van der Waals surface area contributed by atoms with E-state index in [0.717, 1.165) is 11.4 Å². The molecule has 2 fully saturated rings. The Hall–Kier alpha value is -3.40. The van der Waals surface area contributed by atoms with Gasteiger partial charge in [-0.25, -0.2) is 9.78 Å². The summed E-state index contributed by atoms with van der Waals surface area (Å²) in [6, 6.07) is 16.9. The zero-order chi connectivity index (χ0) is 19.7. The molecule has 3 amide bonds. The van der Waals surface area contributed by atoms with Gasteiger partial charge in [0.1, 0.15) is 23.1 Å². The molecule has 2 saturated heterocycles. The molecule has 1 spiro atoms. The van der Waals surface area contributed by atoms with Gasteiger partial charge < -0.3 is 9.80 Å². The summed E-state index contributed by atoms with van der Waals surface area (Å²) in [7, 11) is 1.56. The predicted molar refractivity (Wildman–Crippen MR) is 103 cm³/mol. The largest absolute Gasteiger partial charge is 0.356 e. The third-order valence-electron chi connectivity index (χ3n) is 5.68. The smallest absolute Gasteiger partial charge is 0.327 e. The number of pyridine rings is 1. The number of hydrogen-bond donors (Lipinski definition) is 0. The average Bonchev–Trinajstić information content (AvgIpc) is 2.91. The van der Waals surface area contributed by atoms with Crippen LogP contribution in [0.2, 0.25) is 0 Å². The van der Waals surface area contributed by atoms with E-state index < -0.39 is 5.54 Å². The summed E-state index contributed by atoms with van der Waals surface area (Å²) in [6.45, 7) is 1.61. The summed E-state index contributed by atoms with van der Waals surface area (Å²) in [4.78, 5) is 35.2. The summed E-state index contributed by atoms with van der Waals surface area (Å²) < 4.78 is 0. The van der Waals surface area contributed by atoms with Crippen LogP contribution < -0.4 is 4.90 Å². The van der Waals surface area contributed by atoms with Crippen LogP contribution in [0, 0.1) is 11.3 Å². The van der Waals surface area contributed by atoms with E-state index in [2.05, 4.69) is 16.0 Å². The number of amides is 3. The minimum atomic E-state index is -0.814. The first-order valence-electron chi connectivity index (χ1n) is 9.31. The van der Waals surface area contributed by atoms with Crippen molar-refractivity contribution < 1.29 is 9.59 Å². The number of imide groups is 1. The lowest BCUT2D eigenvalue weighted by atomic mass is 9.85. The number of carbonyl (C=O) groups is 2. The average molecular weight is 375 g/mol. The second kappa shape index (κ2) is 6.97. The highest BCUT2D eigenvalue weighted by molar-refractivity contribution is 6.06. The van der Waals surface area contributed by atoms with E-state index in [0.29, 0.717) is 38.2 Å². The number of benzene rings is 1. The van der Waals surface area contributed by atoms with Crippen molar-refractivity contribution in [2.45, 2.75) is 24.9 Å². The Bertz CT molecular complexity index is 945. The van der Waals surface area contributed by atoms with Crippen molar-refractivity contribution in [3.05, 3.63) is 59.8 Å². The zero-order valence-corrected chi connectivity index (χ0v) is 15.7. The minimum Gasteiger partial charge on any atom is -0.356 e. The molecule has 0 N–H and O–H groups in total.